The lowest BCUT2D eigenvalue weighted by Gasteiger charge is -2.34. The second-order valence-electron chi connectivity index (χ2n) is 9.97. The van der Waals surface area contributed by atoms with Gasteiger partial charge in [0.05, 0.1) is 18.3 Å². The molecule has 2 aliphatic rings. The number of aliphatic imine (C=N–C) groups is 1. The first-order chi connectivity index (χ1) is 17.3. The summed E-state index contributed by atoms with van der Waals surface area (Å²) in [5.74, 6) is -1.93. The Morgan fingerprint density at radius 2 is 1.81 bits per heavy atom. The molecular weight excluding hydrogens is 503 g/mol. The van der Waals surface area contributed by atoms with Crippen LogP contribution in [0.3, 0.4) is 0 Å². The Hall–Kier alpha value is -1.86. The lowest BCUT2D eigenvalue weighted by atomic mass is 10.1. The summed E-state index contributed by atoms with van der Waals surface area (Å²) < 4.78 is 11.5. The van der Waals surface area contributed by atoms with Gasteiger partial charge in [-0.05, 0) is 47.0 Å². The molecule has 0 aromatic heterocycles. The van der Waals surface area contributed by atoms with Crippen molar-refractivity contribution in [1.29, 1.82) is 0 Å². The molecule has 1 saturated carbocycles. The van der Waals surface area contributed by atoms with Gasteiger partial charge in [0.1, 0.15) is 24.0 Å². The number of carbonyl (C=O) groups is 2. The van der Waals surface area contributed by atoms with E-state index in [1.54, 1.807) is 13.8 Å². The van der Waals surface area contributed by atoms with Crippen LogP contribution >= 0.6 is 8.73 Å². The Balaban J connectivity index is 2.13. The van der Waals surface area contributed by atoms with Crippen LogP contribution in [0.4, 0.5) is 0 Å². The molecule has 1 amide bonds. The minimum Gasteiger partial charge on any atom is -0.478 e. The van der Waals surface area contributed by atoms with Crippen molar-refractivity contribution in [3.05, 3.63) is 11.4 Å². The van der Waals surface area contributed by atoms with E-state index in [9.17, 15) is 24.9 Å². The quantitative estimate of drug-likeness (QED) is 0.0739. The zero-order valence-electron chi connectivity index (χ0n) is 22.2. The maximum absolute atomic E-state index is 13.0. The molecular formula is C23H43N6O7P. The molecule has 0 radical (unpaired) electrons. The highest BCUT2D eigenvalue weighted by atomic mass is 31.1. The summed E-state index contributed by atoms with van der Waals surface area (Å²) in [7, 11) is -0.359. The smallest absolute Gasteiger partial charge is 0.357 e. The van der Waals surface area contributed by atoms with E-state index in [0.717, 1.165) is 19.3 Å². The Labute approximate surface area is 219 Å². The number of carbonyl (C=O) groups excluding carboxylic acids is 1. The summed E-state index contributed by atoms with van der Waals surface area (Å²) in [5, 5.41) is 39.6. The van der Waals surface area contributed by atoms with Gasteiger partial charge < -0.3 is 41.6 Å². The molecule has 6 atom stereocenters. The predicted octanol–water partition coefficient (Wildman–Crippen LogP) is -0.574. The fourth-order valence-electron chi connectivity index (χ4n) is 3.55. The topological polar surface area (TPSA) is 214 Å². The first-order valence-corrected chi connectivity index (χ1v) is 13.6. The number of aliphatic carboxylic acids is 1. The third-order valence-corrected chi connectivity index (χ3v) is 7.20. The van der Waals surface area contributed by atoms with Gasteiger partial charge in [0.15, 0.2) is 6.23 Å². The Kier molecular flexibility index (Phi) is 11.7. The number of aliphatic hydroxyl groups excluding tert-OH is 2. The molecule has 1 aliphatic carbocycles. The average Bonchev–Trinajstić information content (AvgIpc) is 3.60. The number of hydrogen-bond donors (Lipinski definition) is 8. The highest BCUT2D eigenvalue weighted by Gasteiger charge is 2.47. The number of hydrogen-bond acceptors (Lipinski definition) is 11. The molecule has 6 unspecified atom stereocenters. The van der Waals surface area contributed by atoms with E-state index in [0.29, 0.717) is 12.1 Å². The van der Waals surface area contributed by atoms with Crippen molar-refractivity contribution >= 4 is 26.3 Å². The van der Waals surface area contributed by atoms with Crippen molar-refractivity contribution in [2.75, 3.05) is 6.61 Å². The zero-order chi connectivity index (χ0) is 27.9. The van der Waals surface area contributed by atoms with E-state index in [2.05, 4.69) is 20.7 Å². The van der Waals surface area contributed by atoms with Gasteiger partial charge in [0.25, 0.3) is 5.91 Å². The van der Waals surface area contributed by atoms with E-state index in [4.69, 9.17) is 20.9 Å². The number of nitrogens with two attached hydrogens (primary N) is 2. The zero-order valence-corrected chi connectivity index (χ0v) is 23.2. The number of aliphatic hydroxyl groups is 2. The van der Waals surface area contributed by atoms with E-state index in [-0.39, 0.29) is 44.9 Å². The van der Waals surface area contributed by atoms with Crippen LogP contribution in [0.5, 0.6) is 0 Å². The molecule has 0 aromatic rings. The van der Waals surface area contributed by atoms with Gasteiger partial charge in [-0.3, -0.25) is 20.2 Å². The van der Waals surface area contributed by atoms with Gasteiger partial charge in [0.2, 0.25) is 5.47 Å². The van der Waals surface area contributed by atoms with Crippen molar-refractivity contribution in [3.63, 3.8) is 0 Å². The highest BCUT2D eigenvalue weighted by Crippen LogP contribution is 2.31. The summed E-state index contributed by atoms with van der Waals surface area (Å²) >= 11 is 0. The Morgan fingerprint density at radius 3 is 2.32 bits per heavy atom. The number of amides is 1. The Bertz CT molecular complexity index is 867. The highest BCUT2D eigenvalue weighted by molar-refractivity contribution is 7.38. The average molecular weight is 547 g/mol. The first-order valence-electron chi connectivity index (χ1n) is 12.6. The van der Waals surface area contributed by atoms with Crippen molar-refractivity contribution in [1.82, 2.24) is 15.7 Å². The second kappa shape index (κ2) is 13.8. The summed E-state index contributed by atoms with van der Waals surface area (Å²) in [6.07, 6.45) is -2.45. The third-order valence-electron chi connectivity index (χ3n) is 5.62. The van der Waals surface area contributed by atoms with Crippen LogP contribution in [-0.4, -0.2) is 87.6 Å². The van der Waals surface area contributed by atoms with Crippen LogP contribution in [-0.2, 0) is 19.1 Å². The normalized spacial score (nSPS) is 27.1. The minimum atomic E-state index is -1.78. The first kappa shape index (κ1) is 31.4. The third kappa shape index (κ3) is 8.85. The molecule has 2 fully saturated rings. The predicted molar refractivity (Wildman–Crippen MR) is 141 cm³/mol. The fourth-order valence-corrected chi connectivity index (χ4v) is 4.66. The molecule has 14 heteroatoms. The van der Waals surface area contributed by atoms with E-state index in [1.165, 1.54) is 0 Å². The molecule has 0 spiro atoms. The van der Waals surface area contributed by atoms with Gasteiger partial charge in [0, 0.05) is 26.5 Å². The van der Waals surface area contributed by atoms with Crippen LogP contribution in [0, 0.1) is 0 Å². The number of carboxylic acid groups (broad SMARTS) is 1. The molecule has 0 aromatic carbocycles. The number of nitrogens with zero attached hydrogens (tertiary/aromatic N) is 1. The number of allylic oxidation sites excluding steroid dienone is 1. The molecule has 1 aliphatic heterocycles. The maximum Gasteiger partial charge on any atom is 0.357 e. The minimum absolute atomic E-state index is 0.00343. The molecule has 1 saturated heterocycles. The number of nitrogens with one attached hydrogen (secondary N) is 3. The van der Waals surface area contributed by atoms with Crippen molar-refractivity contribution in [2.24, 2.45) is 16.5 Å². The maximum atomic E-state index is 13.0. The van der Waals surface area contributed by atoms with Crippen LogP contribution in [0.25, 0.3) is 0 Å². The second-order valence-corrected chi connectivity index (χ2v) is 11.2. The largest absolute Gasteiger partial charge is 0.478 e. The SMILES string of the molecule is CCCC(N)=C(N)C(=NC1CC1)C(=O)NC1OC(COC(NC(C)C)(PNC(C)C)C(=O)O)C(O)C1O. The lowest BCUT2D eigenvalue weighted by molar-refractivity contribution is -0.164. The van der Waals surface area contributed by atoms with Crippen LogP contribution in [0.15, 0.2) is 16.4 Å². The molecule has 2 rings (SSSR count). The summed E-state index contributed by atoms with van der Waals surface area (Å²) in [5.41, 5.74) is 10.7. The Morgan fingerprint density at radius 1 is 1.16 bits per heavy atom. The van der Waals surface area contributed by atoms with E-state index in [1.807, 2.05) is 20.8 Å². The monoisotopic (exact) mass is 546 g/mol. The van der Waals surface area contributed by atoms with Crippen molar-refractivity contribution < 1.29 is 34.4 Å². The van der Waals surface area contributed by atoms with Gasteiger partial charge >= 0.3 is 5.97 Å². The number of rotatable bonds is 15. The van der Waals surface area contributed by atoms with Crippen molar-refractivity contribution in [2.45, 2.75) is 108 Å². The van der Waals surface area contributed by atoms with Gasteiger partial charge in [-0.2, -0.15) is 0 Å². The van der Waals surface area contributed by atoms with Gasteiger partial charge in [-0.1, -0.05) is 13.3 Å². The fraction of sp³-hybridized carbons (Fsp3) is 0.783. The molecule has 212 valence electrons. The lowest BCUT2D eigenvalue weighted by Crippen LogP contribution is -2.56. The number of carboxylic acids is 1. The molecule has 0 bridgehead atoms. The number of ether oxygens (including phenoxy) is 2. The summed E-state index contributed by atoms with van der Waals surface area (Å²) in [6.45, 7) is 8.88. The van der Waals surface area contributed by atoms with Crippen molar-refractivity contribution in [3.8, 4) is 0 Å². The van der Waals surface area contributed by atoms with E-state index < -0.39 is 41.9 Å². The molecule has 37 heavy (non-hydrogen) atoms. The molecule has 1 heterocycles. The van der Waals surface area contributed by atoms with Gasteiger partial charge in [-0.25, -0.2) is 4.79 Å². The molecule has 10 N–H and O–H groups in total. The van der Waals surface area contributed by atoms with Crippen LogP contribution in [0.2, 0.25) is 0 Å². The van der Waals surface area contributed by atoms with Crippen LogP contribution in [0.1, 0.15) is 60.3 Å². The summed E-state index contributed by atoms with van der Waals surface area (Å²) in [6, 6.07) is -0.246. The van der Waals surface area contributed by atoms with E-state index >= 15 is 0 Å². The standard InChI is InChI=1S/C23H43N6O7P/c1-6-7-14(24)16(25)17(26-13-8-9-13)20(32)27-21-19(31)18(30)15(36-21)10-35-23(22(33)34,28-11(2)3)37-29-12(4)5/h11-13,15,18-19,21,28-31,37H,6-10,24-25H2,1-5H3,(H,27,32)(H,33,34). The summed E-state index contributed by atoms with van der Waals surface area (Å²) in [4.78, 5) is 29.6. The van der Waals surface area contributed by atoms with Gasteiger partial charge in [-0.15, -0.1) is 0 Å². The molecule has 13 nitrogen and oxygen atoms in total. The van der Waals surface area contributed by atoms with Crippen LogP contribution < -0.4 is 27.2 Å².